The number of imidazole rings is 1. The van der Waals surface area contributed by atoms with E-state index in [4.69, 9.17) is 5.11 Å². The van der Waals surface area contributed by atoms with E-state index in [0.29, 0.717) is 5.71 Å². The number of anilines is 1. The van der Waals surface area contributed by atoms with Crippen molar-refractivity contribution in [1.82, 2.24) is 9.55 Å². The average Bonchev–Trinajstić information content (AvgIpc) is 2.77. The quantitative estimate of drug-likeness (QED) is 0.640. The lowest BCUT2D eigenvalue weighted by molar-refractivity contribution is -0.112. The normalized spacial score (nSPS) is 12.8. The van der Waals surface area contributed by atoms with E-state index in [1.54, 1.807) is 26.0 Å². The van der Waals surface area contributed by atoms with E-state index in [1.165, 1.54) is 17.8 Å². The highest BCUT2D eigenvalue weighted by molar-refractivity contribution is 6.06. The molecule has 0 fully saturated rings. The largest absolute Gasteiger partial charge is 0.475 e. The molecule has 1 amide bonds. The SMILES string of the molecule is C\C=C(/N=C(C)/C=C/C)C(=O)Nc1cn(C)c(C(=O)O)n1. The van der Waals surface area contributed by atoms with Gasteiger partial charge in [-0.05, 0) is 26.8 Å². The van der Waals surface area contributed by atoms with E-state index in [0.717, 1.165) is 0 Å². The van der Waals surface area contributed by atoms with E-state index >= 15 is 0 Å². The number of hydrogen-bond donors (Lipinski definition) is 2. The fourth-order valence-electron chi connectivity index (χ4n) is 1.62. The summed E-state index contributed by atoms with van der Waals surface area (Å²) in [5.74, 6) is -1.60. The molecule has 7 nitrogen and oxygen atoms in total. The van der Waals surface area contributed by atoms with Crippen molar-refractivity contribution in [2.24, 2.45) is 12.0 Å². The summed E-state index contributed by atoms with van der Waals surface area (Å²) in [5.41, 5.74) is 0.918. The molecule has 21 heavy (non-hydrogen) atoms. The van der Waals surface area contributed by atoms with Crippen LogP contribution in [0.1, 0.15) is 31.4 Å². The smallest absolute Gasteiger partial charge is 0.372 e. The topological polar surface area (TPSA) is 96.6 Å². The minimum absolute atomic E-state index is 0.152. The molecule has 0 saturated carbocycles. The van der Waals surface area contributed by atoms with Gasteiger partial charge in [-0.15, -0.1) is 0 Å². The molecule has 0 spiro atoms. The third-order valence-corrected chi connectivity index (χ3v) is 2.52. The number of allylic oxidation sites excluding steroid dienone is 3. The maximum absolute atomic E-state index is 12.1. The number of aliphatic imine (C=N–C) groups is 1. The summed E-state index contributed by atoms with van der Waals surface area (Å²) < 4.78 is 1.32. The van der Waals surface area contributed by atoms with Gasteiger partial charge in [0.05, 0.1) is 0 Å². The standard InChI is InChI=1S/C14H18N4O3/c1-5-7-9(3)15-10(6-2)13(19)17-11-8-18(4)12(16-11)14(20)21/h5-8H,1-4H3,(H,17,19)(H,20,21)/b7-5+,10-6-,15-9+. The molecule has 0 aliphatic heterocycles. The maximum atomic E-state index is 12.1. The van der Waals surface area contributed by atoms with Gasteiger partial charge in [-0.1, -0.05) is 12.2 Å². The highest BCUT2D eigenvalue weighted by Crippen LogP contribution is 2.09. The summed E-state index contributed by atoms with van der Waals surface area (Å²) in [6.45, 7) is 5.33. The summed E-state index contributed by atoms with van der Waals surface area (Å²) in [5, 5.41) is 11.4. The molecule has 1 aromatic heterocycles. The summed E-state index contributed by atoms with van der Waals surface area (Å²) in [4.78, 5) is 31.0. The molecule has 1 aromatic rings. The van der Waals surface area contributed by atoms with Crippen LogP contribution >= 0.6 is 0 Å². The van der Waals surface area contributed by atoms with Crippen LogP contribution in [0.5, 0.6) is 0 Å². The van der Waals surface area contributed by atoms with Crippen molar-refractivity contribution in [1.29, 1.82) is 0 Å². The highest BCUT2D eigenvalue weighted by Gasteiger charge is 2.15. The first-order valence-electron chi connectivity index (χ1n) is 6.31. The Balaban J connectivity index is 2.92. The second-order valence-corrected chi connectivity index (χ2v) is 4.25. The number of aryl methyl sites for hydroxylation is 1. The number of amides is 1. The lowest BCUT2D eigenvalue weighted by Crippen LogP contribution is -2.14. The summed E-state index contributed by atoms with van der Waals surface area (Å²) in [7, 11) is 1.54. The third-order valence-electron chi connectivity index (χ3n) is 2.52. The summed E-state index contributed by atoms with van der Waals surface area (Å²) in [6, 6.07) is 0. The van der Waals surface area contributed by atoms with Crippen LogP contribution in [0.3, 0.4) is 0 Å². The maximum Gasteiger partial charge on any atom is 0.372 e. The van der Waals surface area contributed by atoms with Gasteiger partial charge in [0.25, 0.3) is 5.91 Å². The first-order chi connectivity index (χ1) is 9.88. The predicted molar refractivity (Wildman–Crippen MR) is 80.5 cm³/mol. The Kier molecular flexibility index (Phi) is 5.59. The number of nitrogens with one attached hydrogen (secondary N) is 1. The monoisotopic (exact) mass is 290 g/mol. The zero-order chi connectivity index (χ0) is 16.0. The van der Waals surface area contributed by atoms with Gasteiger partial charge in [-0.2, -0.15) is 0 Å². The lowest BCUT2D eigenvalue weighted by Gasteiger charge is -2.02. The van der Waals surface area contributed by atoms with Gasteiger partial charge in [0.2, 0.25) is 5.82 Å². The molecule has 1 rings (SSSR count). The van der Waals surface area contributed by atoms with Crippen LogP contribution < -0.4 is 5.32 Å². The van der Waals surface area contributed by atoms with E-state index in [1.807, 2.05) is 13.0 Å². The van der Waals surface area contributed by atoms with Gasteiger partial charge in [-0.3, -0.25) is 4.79 Å². The van der Waals surface area contributed by atoms with E-state index in [9.17, 15) is 9.59 Å². The first-order valence-corrected chi connectivity index (χ1v) is 6.31. The number of aromatic carboxylic acids is 1. The van der Waals surface area contributed by atoms with Crippen molar-refractivity contribution in [2.45, 2.75) is 20.8 Å². The Labute approximate surface area is 122 Å². The number of rotatable bonds is 5. The summed E-state index contributed by atoms with van der Waals surface area (Å²) >= 11 is 0. The van der Waals surface area contributed by atoms with Crippen molar-refractivity contribution >= 4 is 23.4 Å². The molecule has 0 atom stereocenters. The van der Waals surface area contributed by atoms with Gasteiger partial charge in [0, 0.05) is 19.0 Å². The number of carbonyl (C=O) groups is 2. The Hall–Kier alpha value is -2.70. The predicted octanol–water partition coefficient (Wildman–Crippen LogP) is 2.00. The molecule has 0 unspecified atom stereocenters. The van der Waals surface area contributed by atoms with Gasteiger partial charge >= 0.3 is 5.97 Å². The Morgan fingerprint density at radius 1 is 1.43 bits per heavy atom. The number of carbonyl (C=O) groups excluding carboxylic acids is 1. The van der Waals surface area contributed by atoms with Crippen molar-refractivity contribution in [3.63, 3.8) is 0 Å². The Morgan fingerprint density at radius 2 is 2.10 bits per heavy atom. The number of hydrogen-bond acceptors (Lipinski definition) is 4. The molecule has 0 aromatic carbocycles. The van der Waals surface area contributed by atoms with Crippen molar-refractivity contribution < 1.29 is 14.7 Å². The van der Waals surface area contributed by atoms with Crippen LogP contribution in [-0.2, 0) is 11.8 Å². The number of aromatic nitrogens is 2. The molecule has 1 heterocycles. The van der Waals surface area contributed by atoms with Crippen LogP contribution in [0.2, 0.25) is 0 Å². The molecule has 0 saturated heterocycles. The fraction of sp³-hybridized carbons (Fsp3) is 0.286. The minimum Gasteiger partial charge on any atom is -0.475 e. The minimum atomic E-state index is -1.16. The molecular formula is C14H18N4O3. The number of nitrogens with zero attached hydrogens (tertiary/aromatic N) is 3. The van der Waals surface area contributed by atoms with Crippen LogP contribution in [-0.4, -0.2) is 32.2 Å². The van der Waals surface area contributed by atoms with E-state index < -0.39 is 11.9 Å². The van der Waals surface area contributed by atoms with Gasteiger partial charge in [-0.25, -0.2) is 14.8 Å². The van der Waals surface area contributed by atoms with Crippen LogP contribution in [0.4, 0.5) is 5.82 Å². The van der Waals surface area contributed by atoms with Gasteiger partial charge < -0.3 is 15.0 Å². The second kappa shape index (κ2) is 7.18. The molecule has 0 radical (unpaired) electrons. The molecule has 0 bridgehead atoms. The lowest BCUT2D eigenvalue weighted by atomic mass is 10.3. The second-order valence-electron chi connectivity index (χ2n) is 4.25. The first kappa shape index (κ1) is 16.4. The Bertz CT molecular complexity index is 639. The van der Waals surface area contributed by atoms with Gasteiger partial charge in [0.1, 0.15) is 5.70 Å². The van der Waals surface area contributed by atoms with Crippen LogP contribution in [0.25, 0.3) is 0 Å². The average molecular weight is 290 g/mol. The summed E-state index contributed by atoms with van der Waals surface area (Å²) in [6.07, 6.45) is 6.60. The zero-order valence-corrected chi connectivity index (χ0v) is 12.4. The van der Waals surface area contributed by atoms with Gasteiger partial charge in [0.15, 0.2) is 5.82 Å². The molecular weight excluding hydrogens is 272 g/mol. The van der Waals surface area contributed by atoms with Crippen molar-refractivity contribution in [3.8, 4) is 0 Å². The molecule has 0 aliphatic rings. The van der Waals surface area contributed by atoms with Crippen LogP contribution in [0, 0.1) is 0 Å². The number of carboxylic acid groups (broad SMARTS) is 1. The van der Waals surface area contributed by atoms with Crippen molar-refractivity contribution in [2.75, 3.05) is 5.32 Å². The molecule has 0 aliphatic carbocycles. The number of carboxylic acids is 1. The van der Waals surface area contributed by atoms with Crippen molar-refractivity contribution in [3.05, 3.63) is 35.9 Å². The molecule has 2 N–H and O–H groups in total. The molecule has 7 heteroatoms. The third kappa shape index (κ3) is 4.41. The highest BCUT2D eigenvalue weighted by atomic mass is 16.4. The van der Waals surface area contributed by atoms with Crippen LogP contribution in [0.15, 0.2) is 35.1 Å². The van der Waals surface area contributed by atoms with E-state index in [2.05, 4.69) is 15.3 Å². The molecule has 112 valence electrons. The van der Waals surface area contributed by atoms with E-state index in [-0.39, 0.29) is 17.3 Å². The zero-order valence-electron chi connectivity index (χ0n) is 12.4. The fourth-order valence-corrected chi connectivity index (χ4v) is 1.62. The Morgan fingerprint density at radius 3 is 2.57 bits per heavy atom.